The molecule has 0 atom stereocenters. The van der Waals surface area contributed by atoms with Gasteiger partial charge in [0.05, 0.1) is 0 Å². The van der Waals surface area contributed by atoms with Gasteiger partial charge in [0.2, 0.25) is 0 Å². The topological polar surface area (TPSA) is 30.5 Å². The molecule has 1 aromatic rings. The summed E-state index contributed by atoms with van der Waals surface area (Å²) in [5.74, 6) is 4.86. The molecule has 1 aliphatic heterocycles. The molecule has 1 N–H and O–H groups in total. The predicted molar refractivity (Wildman–Crippen MR) is 85.4 cm³/mol. The number of hydrogen-bond acceptors (Lipinski definition) is 4. The van der Waals surface area contributed by atoms with Gasteiger partial charge in [0.15, 0.2) is 11.5 Å². The van der Waals surface area contributed by atoms with Gasteiger partial charge in [-0.25, -0.2) is 0 Å². The third-order valence-corrected chi connectivity index (χ3v) is 5.52. The van der Waals surface area contributed by atoms with Crippen molar-refractivity contribution in [3.05, 3.63) is 18.2 Å². The second-order valence-corrected chi connectivity index (χ2v) is 7.48. The first-order chi connectivity index (χ1) is 10.4. The molecule has 0 bridgehead atoms. The number of thioether (sulfide) groups is 1. The molecule has 0 aromatic heterocycles. The highest BCUT2D eigenvalue weighted by molar-refractivity contribution is 7.99. The fraction of sp³-hybridized carbons (Fsp3) is 0.647. The monoisotopic (exact) mass is 305 g/mol. The van der Waals surface area contributed by atoms with Crippen LogP contribution in [0, 0.1) is 11.8 Å². The van der Waals surface area contributed by atoms with Crippen LogP contribution in [0.1, 0.15) is 25.7 Å². The van der Waals surface area contributed by atoms with Gasteiger partial charge in [-0.15, -0.1) is 11.8 Å². The van der Waals surface area contributed by atoms with Crippen LogP contribution in [0.4, 0.5) is 0 Å². The molecule has 0 spiro atoms. The lowest BCUT2D eigenvalue weighted by molar-refractivity contribution is 0.171. The van der Waals surface area contributed by atoms with E-state index in [-0.39, 0.29) is 0 Å². The van der Waals surface area contributed by atoms with Crippen LogP contribution >= 0.6 is 11.8 Å². The molecule has 0 amide bonds. The summed E-state index contributed by atoms with van der Waals surface area (Å²) >= 11 is 1.90. The molecule has 0 unspecified atom stereocenters. The van der Waals surface area contributed by atoms with E-state index in [0.717, 1.165) is 41.7 Å². The van der Waals surface area contributed by atoms with E-state index in [9.17, 15) is 0 Å². The summed E-state index contributed by atoms with van der Waals surface area (Å²) < 4.78 is 11.2. The van der Waals surface area contributed by atoms with Gasteiger partial charge in [0, 0.05) is 23.2 Å². The Hall–Kier alpha value is -0.870. The number of hydrogen-bond donors (Lipinski definition) is 1. The van der Waals surface area contributed by atoms with Gasteiger partial charge in [0.25, 0.3) is 0 Å². The molecule has 21 heavy (non-hydrogen) atoms. The van der Waals surface area contributed by atoms with Gasteiger partial charge in [0.1, 0.15) is 13.2 Å². The average molecular weight is 305 g/mol. The third kappa shape index (κ3) is 3.49. The Kier molecular flexibility index (Phi) is 3.99. The quantitative estimate of drug-likeness (QED) is 0.618. The number of fused-ring (bicyclic) bond motifs is 1. The molecular formula is C17H23NO2S. The molecule has 3 aliphatic rings. The highest BCUT2D eigenvalue weighted by Crippen LogP contribution is 2.44. The maximum absolute atomic E-state index is 5.63. The molecule has 4 heteroatoms. The lowest BCUT2D eigenvalue weighted by Gasteiger charge is -2.19. The summed E-state index contributed by atoms with van der Waals surface area (Å²) in [4.78, 5) is 1.27. The van der Waals surface area contributed by atoms with Gasteiger partial charge >= 0.3 is 0 Å². The minimum atomic E-state index is 0.660. The Bertz CT molecular complexity index is 488. The van der Waals surface area contributed by atoms with Crippen LogP contribution in [-0.4, -0.2) is 31.6 Å². The first-order valence-electron chi connectivity index (χ1n) is 8.16. The summed E-state index contributed by atoms with van der Waals surface area (Å²) in [5.41, 5.74) is 0. The van der Waals surface area contributed by atoms with E-state index in [1.54, 1.807) is 0 Å². The molecule has 4 rings (SSSR count). The molecule has 0 radical (unpaired) electrons. The minimum absolute atomic E-state index is 0.660. The predicted octanol–water partition coefficient (Wildman–Crippen LogP) is 3.33. The lowest BCUT2D eigenvalue weighted by atomic mass is 10.1. The zero-order valence-electron chi connectivity index (χ0n) is 12.3. The van der Waals surface area contributed by atoms with Crippen molar-refractivity contribution in [2.45, 2.75) is 36.6 Å². The van der Waals surface area contributed by atoms with E-state index in [2.05, 4.69) is 17.4 Å². The Morgan fingerprint density at radius 3 is 2.48 bits per heavy atom. The normalized spacial score (nSPS) is 20.8. The van der Waals surface area contributed by atoms with E-state index in [1.165, 1.54) is 30.6 Å². The maximum atomic E-state index is 5.63. The minimum Gasteiger partial charge on any atom is -0.486 e. The highest BCUT2D eigenvalue weighted by atomic mass is 32.2. The Morgan fingerprint density at radius 2 is 1.76 bits per heavy atom. The summed E-state index contributed by atoms with van der Waals surface area (Å²) in [6, 6.07) is 7.09. The van der Waals surface area contributed by atoms with Crippen molar-refractivity contribution in [1.29, 1.82) is 0 Å². The van der Waals surface area contributed by atoms with E-state index in [4.69, 9.17) is 9.47 Å². The lowest BCUT2D eigenvalue weighted by Crippen LogP contribution is -2.34. The molecule has 0 saturated heterocycles. The smallest absolute Gasteiger partial charge is 0.162 e. The largest absolute Gasteiger partial charge is 0.486 e. The SMILES string of the molecule is c1cc2c(cc1SCCNC(C1CC1)C1CC1)OCCO2. The molecular weight excluding hydrogens is 282 g/mol. The second-order valence-electron chi connectivity index (χ2n) is 6.31. The first kappa shape index (κ1) is 13.8. The standard InChI is InChI=1S/C17H23NO2S/c1-2-12(1)17(13-3-4-13)18-7-10-21-14-5-6-15-16(11-14)20-9-8-19-15/h5-6,11-13,17-18H,1-4,7-10H2. The molecule has 1 heterocycles. The second kappa shape index (κ2) is 6.09. The summed E-state index contributed by atoms with van der Waals surface area (Å²) in [7, 11) is 0. The molecule has 2 fully saturated rings. The van der Waals surface area contributed by atoms with Gasteiger partial charge in [-0.1, -0.05) is 0 Å². The van der Waals surface area contributed by atoms with Crippen LogP contribution in [0.2, 0.25) is 0 Å². The van der Waals surface area contributed by atoms with Crippen molar-refractivity contribution in [2.75, 3.05) is 25.5 Å². The Labute approximate surface area is 130 Å². The zero-order chi connectivity index (χ0) is 14.1. The highest BCUT2D eigenvalue weighted by Gasteiger charge is 2.40. The Balaban J connectivity index is 1.25. The van der Waals surface area contributed by atoms with E-state index in [1.807, 2.05) is 17.8 Å². The van der Waals surface area contributed by atoms with Crippen molar-refractivity contribution < 1.29 is 9.47 Å². The number of nitrogens with one attached hydrogen (secondary N) is 1. The third-order valence-electron chi connectivity index (χ3n) is 4.52. The summed E-state index contributed by atoms with van der Waals surface area (Å²) in [6.07, 6.45) is 5.79. The van der Waals surface area contributed by atoms with E-state index in [0.29, 0.717) is 13.2 Å². The van der Waals surface area contributed by atoms with Crippen molar-refractivity contribution in [3.8, 4) is 11.5 Å². The van der Waals surface area contributed by atoms with Gasteiger partial charge in [-0.05, 0) is 55.7 Å². The zero-order valence-corrected chi connectivity index (χ0v) is 13.2. The van der Waals surface area contributed by atoms with Crippen LogP contribution in [-0.2, 0) is 0 Å². The summed E-state index contributed by atoms with van der Waals surface area (Å²) in [5, 5.41) is 3.80. The van der Waals surface area contributed by atoms with E-state index >= 15 is 0 Å². The number of benzene rings is 1. The fourth-order valence-corrected chi connectivity index (χ4v) is 3.95. The average Bonchev–Trinajstić information content (AvgIpc) is 3.39. The van der Waals surface area contributed by atoms with Crippen LogP contribution in [0.3, 0.4) is 0 Å². The van der Waals surface area contributed by atoms with Crippen LogP contribution in [0.25, 0.3) is 0 Å². The van der Waals surface area contributed by atoms with Crippen molar-refractivity contribution in [3.63, 3.8) is 0 Å². The van der Waals surface area contributed by atoms with Crippen molar-refractivity contribution >= 4 is 11.8 Å². The van der Waals surface area contributed by atoms with Gasteiger partial charge < -0.3 is 14.8 Å². The molecule has 114 valence electrons. The van der Waals surface area contributed by atoms with Crippen LogP contribution in [0.15, 0.2) is 23.1 Å². The van der Waals surface area contributed by atoms with Crippen molar-refractivity contribution in [1.82, 2.24) is 5.32 Å². The molecule has 1 aromatic carbocycles. The van der Waals surface area contributed by atoms with E-state index < -0.39 is 0 Å². The van der Waals surface area contributed by atoms with Gasteiger partial charge in [-0.2, -0.15) is 0 Å². The van der Waals surface area contributed by atoms with Crippen LogP contribution in [0.5, 0.6) is 11.5 Å². The first-order valence-corrected chi connectivity index (χ1v) is 9.14. The van der Waals surface area contributed by atoms with Crippen LogP contribution < -0.4 is 14.8 Å². The molecule has 2 aliphatic carbocycles. The van der Waals surface area contributed by atoms with Crippen molar-refractivity contribution in [2.24, 2.45) is 11.8 Å². The molecule has 2 saturated carbocycles. The van der Waals surface area contributed by atoms with Gasteiger partial charge in [-0.3, -0.25) is 0 Å². The Morgan fingerprint density at radius 1 is 1.05 bits per heavy atom. The maximum Gasteiger partial charge on any atom is 0.162 e. The number of ether oxygens (including phenoxy) is 2. The fourth-order valence-electron chi connectivity index (χ4n) is 3.14. The molecule has 3 nitrogen and oxygen atoms in total. The number of rotatable bonds is 7. The summed E-state index contributed by atoms with van der Waals surface area (Å²) in [6.45, 7) is 2.43.